The SMILES string of the molecule is CN(Cc1ccccc1)c1nc2ncnc(SCC(=O)Nc3ccc4c(c3)OCO4)c2s1. The third kappa shape index (κ3) is 4.46. The molecule has 8 nitrogen and oxygen atoms in total. The van der Waals surface area contributed by atoms with Gasteiger partial charge in [-0.2, -0.15) is 4.98 Å². The van der Waals surface area contributed by atoms with Crippen molar-refractivity contribution in [3.63, 3.8) is 0 Å². The molecule has 1 aliphatic heterocycles. The maximum absolute atomic E-state index is 12.5. The summed E-state index contributed by atoms with van der Waals surface area (Å²) in [7, 11) is 2.00. The van der Waals surface area contributed by atoms with Crippen molar-refractivity contribution in [1.29, 1.82) is 0 Å². The lowest BCUT2D eigenvalue weighted by atomic mass is 10.2. The van der Waals surface area contributed by atoms with Gasteiger partial charge in [0.2, 0.25) is 12.7 Å². The van der Waals surface area contributed by atoms with Gasteiger partial charge >= 0.3 is 0 Å². The average molecular weight is 466 g/mol. The van der Waals surface area contributed by atoms with E-state index < -0.39 is 0 Å². The summed E-state index contributed by atoms with van der Waals surface area (Å²) in [4.78, 5) is 27.9. The first kappa shape index (κ1) is 20.5. The number of nitrogens with one attached hydrogen (secondary N) is 1. The second-order valence-electron chi connectivity index (χ2n) is 7.07. The maximum atomic E-state index is 12.5. The molecule has 0 spiro atoms. The molecule has 1 amide bonds. The Morgan fingerprint density at radius 3 is 2.88 bits per heavy atom. The van der Waals surface area contributed by atoms with Crippen LogP contribution >= 0.6 is 23.1 Å². The van der Waals surface area contributed by atoms with E-state index in [0.717, 1.165) is 21.4 Å². The van der Waals surface area contributed by atoms with Gasteiger partial charge in [0.1, 0.15) is 16.1 Å². The lowest BCUT2D eigenvalue weighted by Crippen LogP contribution is -2.15. The number of aromatic nitrogens is 3. The van der Waals surface area contributed by atoms with Gasteiger partial charge in [-0.3, -0.25) is 4.79 Å². The van der Waals surface area contributed by atoms with Crippen LogP contribution in [0.2, 0.25) is 0 Å². The molecular formula is C22H19N5O3S2. The van der Waals surface area contributed by atoms with E-state index in [1.165, 1.54) is 35.0 Å². The number of rotatable bonds is 7. The van der Waals surface area contributed by atoms with E-state index >= 15 is 0 Å². The highest BCUT2D eigenvalue weighted by Crippen LogP contribution is 2.35. The quantitative estimate of drug-likeness (QED) is 0.321. The largest absolute Gasteiger partial charge is 0.454 e. The van der Waals surface area contributed by atoms with Crippen LogP contribution in [-0.2, 0) is 11.3 Å². The predicted octanol–water partition coefficient (Wildman–Crippen LogP) is 4.18. The number of ether oxygens (including phenoxy) is 2. The first-order valence-electron chi connectivity index (χ1n) is 9.84. The van der Waals surface area contributed by atoms with E-state index in [1.807, 2.05) is 25.2 Å². The Bertz CT molecular complexity index is 1270. The molecule has 0 radical (unpaired) electrons. The van der Waals surface area contributed by atoms with E-state index in [4.69, 9.17) is 9.47 Å². The average Bonchev–Trinajstić information content (AvgIpc) is 3.45. The lowest BCUT2D eigenvalue weighted by molar-refractivity contribution is -0.113. The summed E-state index contributed by atoms with van der Waals surface area (Å²) in [6, 6.07) is 15.6. The highest BCUT2D eigenvalue weighted by atomic mass is 32.2. The van der Waals surface area contributed by atoms with Crippen molar-refractivity contribution in [3.05, 3.63) is 60.4 Å². The second kappa shape index (κ2) is 9.01. The van der Waals surface area contributed by atoms with E-state index in [9.17, 15) is 4.79 Å². The highest BCUT2D eigenvalue weighted by Gasteiger charge is 2.17. The van der Waals surface area contributed by atoms with Gasteiger partial charge in [0.15, 0.2) is 22.3 Å². The first-order valence-corrected chi connectivity index (χ1v) is 11.6. The number of carbonyl (C=O) groups is 1. The maximum Gasteiger partial charge on any atom is 0.234 e. The summed E-state index contributed by atoms with van der Waals surface area (Å²) < 4.78 is 11.5. The summed E-state index contributed by atoms with van der Waals surface area (Å²) in [5.74, 6) is 1.39. The molecule has 3 heterocycles. The number of hydrogen-bond acceptors (Lipinski definition) is 9. The van der Waals surface area contributed by atoms with Crippen LogP contribution in [0.15, 0.2) is 59.9 Å². The smallest absolute Gasteiger partial charge is 0.234 e. The minimum Gasteiger partial charge on any atom is -0.454 e. The fourth-order valence-corrected chi connectivity index (χ4v) is 5.07. The summed E-state index contributed by atoms with van der Waals surface area (Å²) in [5.41, 5.74) is 2.50. The van der Waals surface area contributed by atoms with E-state index in [0.29, 0.717) is 22.8 Å². The monoisotopic (exact) mass is 465 g/mol. The van der Waals surface area contributed by atoms with E-state index in [-0.39, 0.29) is 18.5 Å². The number of fused-ring (bicyclic) bond motifs is 2. The Hall–Kier alpha value is -3.37. The zero-order valence-electron chi connectivity index (χ0n) is 17.1. The van der Waals surface area contributed by atoms with Crippen molar-refractivity contribution >= 4 is 50.2 Å². The molecule has 0 atom stereocenters. The van der Waals surface area contributed by atoms with Crippen molar-refractivity contribution < 1.29 is 14.3 Å². The molecule has 0 fully saturated rings. The number of hydrogen-bond donors (Lipinski definition) is 1. The number of carbonyl (C=O) groups excluding carboxylic acids is 1. The van der Waals surface area contributed by atoms with Crippen LogP contribution < -0.4 is 19.7 Å². The molecule has 4 aromatic rings. The summed E-state index contributed by atoms with van der Waals surface area (Å²) in [6.45, 7) is 0.943. The molecule has 0 bridgehead atoms. The van der Waals surface area contributed by atoms with Crippen LogP contribution in [-0.4, -0.2) is 40.5 Å². The Morgan fingerprint density at radius 2 is 2.00 bits per heavy atom. The van der Waals surface area contributed by atoms with Gasteiger partial charge in [0.25, 0.3) is 0 Å². The Labute approximate surface area is 192 Å². The predicted molar refractivity (Wildman–Crippen MR) is 126 cm³/mol. The number of nitrogens with zero attached hydrogens (tertiary/aromatic N) is 4. The standard InChI is InChI=1S/C22H19N5O3S2/c1-27(10-14-5-3-2-4-6-14)22-26-20-19(32-22)21(24-12-23-20)31-11-18(28)25-15-7-8-16-17(9-15)30-13-29-16/h2-9,12H,10-11,13H2,1H3,(H,25,28). The van der Waals surface area contributed by atoms with Crippen molar-refractivity contribution in [2.24, 2.45) is 0 Å². The van der Waals surface area contributed by atoms with Crippen molar-refractivity contribution in [1.82, 2.24) is 15.0 Å². The van der Waals surface area contributed by atoms with Gasteiger partial charge in [0.05, 0.1) is 5.75 Å². The van der Waals surface area contributed by atoms with Crippen LogP contribution in [0, 0.1) is 0 Å². The molecular weight excluding hydrogens is 446 g/mol. The minimum atomic E-state index is -0.133. The van der Waals surface area contributed by atoms with Crippen molar-refractivity contribution in [2.45, 2.75) is 11.6 Å². The third-order valence-corrected chi connectivity index (χ3v) is 7.02. The van der Waals surface area contributed by atoms with Crippen molar-refractivity contribution in [3.8, 4) is 11.5 Å². The van der Waals surface area contributed by atoms with Crippen LogP contribution in [0.25, 0.3) is 10.3 Å². The Morgan fingerprint density at radius 1 is 1.16 bits per heavy atom. The molecule has 162 valence electrons. The molecule has 0 saturated carbocycles. The molecule has 10 heteroatoms. The summed E-state index contributed by atoms with van der Waals surface area (Å²) in [5, 5.41) is 4.48. The second-order valence-corrected chi connectivity index (χ2v) is 9.02. The van der Waals surface area contributed by atoms with Crippen molar-refractivity contribution in [2.75, 3.05) is 29.8 Å². The van der Waals surface area contributed by atoms with Gasteiger partial charge in [0, 0.05) is 25.3 Å². The van der Waals surface area contributed by atoms with Crippen LogP contribution in [0.3, 0.4) is 0 Å². The number of benzene rings is 2. The topological polar surface area (TPSA) is 89.5 Å². The lowest BCUT2D eigenvalue weighted by Gasteiger charge is -2.15. The fraction of sp³-hybridized carbons (Fsp3) is 0.182. The fourth-order valence-electron chi connectivity index (χ4n) is 3.22. The minimum absolute atomic E-state index is 0.133. The van der Waals surface area contributed by atoms with Gasteiger partial charge in [-0.05, 0) is 17.7 Å². The molecule has 2 aromatic heterocycles. The Kier molecular flexibility index (Phi) is 5.78. The molecule has 0 aliphatic carbocycles. The molecule has 0 unspecified atom stereocenters. The zero-order valence-corrected chi connectivity index (χ0v) is 18.8. The number of anilines is 2. The zero-order chi connectivity index (χ0) is 21.9. The molecule has 1 N–H and O–H groups in total. The number of thiazole rings is 1. The van der Waals surface area contributed by atoms with Gasteiger partial charge < -0.3 is 19.7 Å². The summed E-state index contributed by atoms with van der Waals surface area (Å²) in [6.07, 6.45) is 1.49. The van der Waals surface area contributed by atoms with Gasteiger partial charge in [-0.15, -0.1) is 0 Å². The molecule has 5 rings (SSSR count). The van der Waals surface area contributed by atoms with Crippen LogP contribution in [0.1, 0.15) is 5.56 Å². The molecule has 1 aliphatic rings. The molecule has 32 heavy (non-hydrogen) atoms. The Balaban J connectivity index is 1.25. The van der Waals surface area contributed by atoms with Crippen LogP contribution in [0.4, 0.5) is 10.8 Å². The van der Waals surface area contributed by atoms with Crippen LogP contribution in [0.5, 0.6) is 11.5 Å². The van der Waals surface area contributed by atoms with Gasteiger partial charge in [-0.25, -0.2) is 9.97 Å². The summed E-state index contributed by atoms with van der Waals surface area (Å²) >= 11 is 2.89. The first-order chi connectivity index (χ1) is 15.7. The number of thioether (sulfide) groups is 1. The van der Waals surface area contributed by atoms with E-state index in [1.54, 1.807) is 18.2 Å². The van der Waals surface area contributed by atoms with Gasteiger partial charge in [-0.1, -0.05) is 53.4 Å². The molecule has 0 saturated heterocycles. The molecule has 2 aromatic carbocycles. The normalized spacial score (nSPS) is 12.2. The third-order valence-electron chi connectivity index (χ3n) is 4.73. The van der Waals surface area contributed by atoms with E-state index in [2.05, 4.69) is 37.3 Å². The number of amides is 1. The highest BCUT2D eigenvalue weighted by molar-refractivity contribution is 8.00.